The Morgan fingerprint density at radius 3 is 2.64 bits per heavy atom. The molecule has 0 atom stereocenters. The van der Waals surface area contributed by atoms with E-state index in [2.05, 4.69) is 5.16 Å². The second-order valence-electron chi connectivity index (χ2n) is 4.56. The smallest absolute Gasteiger partial charge is 0.349 e. The van der Waals surface area contributed by atoms with Crippen LogP contribution in [0.3, 0.4) is 0 Å². The second kappa shape index (κ2) is 8.59. The number of nitrogens with two attached hydrogens (primary N) is 1. The minimum atomic E-state index is -0.721. The predicted octanol–water partition coefficient (Wildman–Crippen LogP) is 2.98. The summed E-state index contributed by atoms with van der Waals surface area (Å²) in [6.45, 7) is 1.59. The number of nitrogen functional groups attached to an aromatic ring is 1. The molecule has 8 nitrogen and oxygen atoms in total. The molecule has 2 aromatic rings. The summed E-state index contributed by atoms with van der Waals surface area (Å²) < 4.78 is 19.8. The lowest BCUT2D eigenvalue weighted by Crippen LogP contribution is -2.14. The van der Waals surface area contributed by atoms with Crippen molar-refractivity contribution in [3.63, 3.8) is 0 Å². The van der Waals surface area contributed by atoms with E-state index in [4.69, 9.17) is 47.7 Å². The fraction of sp³-hybridized carbons (Fsp3) is 0.267. The summed E-state index contributed by atoms with van der Waals surface area (Å²) in [5.41, 5.74) is 5.56. The molecule has 0 spiro atoms. The number of halogens is 2. The number of carbonyl (C=O) groups is 2. The summed E-state index contributed by atoms with van der Waals surface area (Å²) in [6.07, 6.45) is 0. The Balaban J connectivity index is 1.89. The Hall–Kier alpha value is -2.45. The van der Waals surface area contributed by atoms with E-state index in [-0.39, 0.29) is 47.7 Å². The topological polar surface area (TPSA) is 114 Å². The van der Waals surface area contributed by atoms with Crippen LogP contribution in [0.2, 0.25) is 10.0 Å². The molecule has 1 heterocycles. The highest BCUT2D eigenvalue weighted by atomic mass is 35.5. The molecule has 0 amide bonds. The maximum atomic E-state index is 11.9. The van der Waals surface area contributed by atoms with Crippen molar-refractivity contribution in [3.05, 3.63) is 39.4 Å². The molecule has 25 heavy (non-hydrogen) atoms. The van der Waals surface area contributed by atoms with Gasteiger partial charge in [-0.3, -0.25) is 0 Å². The number of carbonyl (C=O) groups excluding carboxylic acids is 2. The molecule has 0 unspecified atom stereocenters. The average molecular weight is 389 g/mol. The van der Waals surface area contributed by atoms with E-state index in [1.807, 2.05) is 0 Å². The normalized spacial score (nSPS) is 10.4. The van der Waals surface area contributed by atoms with Gasteiger partial charge in [-0.2, -0.15) is 0 Å². The first-order chi connectivity index (χ1) is 11.9. The highest BCUT2D eigenvalue weighted by Gasteiger charge is 2.24. The molecule has 134 valence electrons. The van der Waals surface area contributed by atoms with Gasteiger partial charge in [-0.1, -0.05) is 23.2 Å². The Kier molecular flexibility index (Phi) is 6.49. The highest BCUT2D eigenvalue weighted by molar-refractivity contribution is 6.36. The zero-order valence-corrected chi connectivity index (χ0v) is 14.6. The first-order valence-corrected chi connectivity index (χ1v) is 7.86. The number of ether oxygens (including phenoxy) is 3. The molecule has 0 saturated carbocycles. The van der Waals surface area contributed by atoms with Crippen molar-refractivity contribution < 1.29 is 28.3 Å². The van der Waals surface area contributed by atoms with E-state index in [0.29, 0.717) is 5.02 Å². The van der Waals surface area contributed by atoms with Gasteiger partial charge in [0.2, 0.25) is 5.88 Å². The molecule has 0 aliphatic heterocycles. The second-order valence-corrected chi connectivity index (χ2v) is 5.40. The molecule has 1 aromatic heterocycles. The van der Waals surface area contributed by atoms with Crippen molar-refractivity contribution >= 4 is 41.0 Å². The van der Waals surface area contributed by atoms with Crippen LogP contribution < -0.4 is 10.5 Å². The molecular weight excluding hydrogens is 375 g/mol. The molecule has 1 aromatic carbocycles. The molecule has 10 heteroatoms. The van der Waals surface area contributed by atoms with Crippen LogP contribution in [0.5, 0.6) is 5.88 Å². The van der Waals surface area contributed by atoms with Crippen LogP contribution in [0.15, 0.2) is 22.7 Å². The van der Waals surface area contributed by atoms with Crippen LogP contribution in [0.25, 0.3) is 0 Å². The zero-order chi connectivity index (χ0) is 18.4. The van der Waals surface area contributed by atoms with Crippen molar-refractivity contribution in [3.8, 4) is 5.88 Å². The minimum Gasteiger partial charge on any atom is -0.471 e. The Morgan fingerprint density at radius 1 is 1.20 bits per heavy atom. The summed E-state index contributed by atoms with van der Waals surface area (Å²) in [5.74, 6) is -1.73. The van der Waals surface area contributed by atoms with Crippen molar-refractivity contribution in [1.82, 2.24) is 5.16 Å². The fourth-order valence-electron chi connectivity index (χ4n) is 1.78. The molecule has 2 N–H and O–H groups in total. The molecule has 0 aliphatic rings. The largest absolute Gasteiger partial charge is 0.471 e. The van der Waals surface area contributed by atoms with E-state index in [9.17, 15) is 9.59 Å². The SMILES string of the molecule is CCOC(=O)c1c(OCCOC(=O)c2ccc(Cl)cc2Cl)noc1N. The number of anilines is 1. The molecular formula is C15H14Cl2N2O6. The van der Waals surface area contributed by atoms with Crippen LogP contribution in [0, 0.1) is 0 Å². The van der Waals surface area contributed by atoms with Crippen molar-refractivity contribution in [1.29, 1.82) is 0 Å². The Morgan fingerprint density at radius 2 is 1.96 bits per heavy atom. The molecule has 0 bridgehead atoms. The standard InChI is InChI=1S/C15H14Cl2N2O6/c1-2-22-15(21)11-12(18)25-19-13(11)23-5-6-24-14(20)9-4-3-8(16)7-10(9)17/h3-4,7H,2,5-6,18H2,1H3. The van der Waals surface area contributed by atoms with E-state index in [0.717, 1.165) is 0 Å². The quantitative estimate of drug-likeness (QED) is 0.568. The van der Waals surface area contributed by atoms with Crippen LogP contribution in [0.4, 0.5) is 5.88 Å². The molecule has 0 radical (unpaired) electrons. The Bertz CT molecular complexity index is 777. The van der Waals surface area contributed by atoms with E-state index in [1.165, 1.54) is 18.2 Å². The van der Waals surface area contributed by atoms with Gasteiger partial charge < -0.3 is 24.5 Å². The van der Waals surface area contributed by atoms with Crippen LogP contribution in [-0.4, -0.2) is 36.9 Å². The summed E-state index contributed by atoms with van der Waals surface area (Å²) in [6, 6.07) is 4.40. The van der Waals surface area contributed by atoms with Gasteiger partial charge >= 0.3 is 11.9 Å². The maximum Gasteiger partial charge on any atom is 0.349 e. The van der Waals surface area contributed by atoms with E-state index in [1.54, 1.807) is 6.92 Å². The van der Waals surface area contributed by atoms with Gasteiger partial charge in [0.15, 0.2) is 5.56 Å². The van der Waals surface area contributed by atoms with Gasteiger partial charge in [0.25, 0.3) is 5.88 Å². The summed E-state index contributed by atoms with van der Waals surface area (Å²) in [4.78, 5) is 23.7. The lowest BCUT2D eigenvalue weighted by molar-refractivity contribution is 0.0434. The number of benzene rings is 1. The summed E-state index contributed by atoms with van der Waals surface area (Å²) in [7, 11) is 0. The van der Waals surface area contributed by atoms with Crippen molar-refractivity contribution in [2.45, 2.75) is 6.92 Å². The van der Waals surface area contributed by atoms with Crippen molar-refractivity contribution in [2.75, 3.05) is 25.6 Å². The molecule has 2 rings (SSSR count). The third-order valence-corrected chi connectivity index (χ3v) is 3.42. The van der Waals surface area contributed by atoms with Crippen LogP contribution in [-0.2, 0) is 9.47 Å². The number of hydrogen-bond donors (Lipinski definition) is 1. The predicted molar refractivity (Wildman–Crippen MR) is 89.1 cm³/mol. The molecule has 0 aliphatic carbocycles. The summed E-state index contributed by atoms with van der Waals surface area (Å²) in [5, 5.41) is 4.09. The summed E-state index contributed by atoms with van der Waals surface area (Å²) >= 11 is 11.7. The van der Waals surface area contributed by atoms with Gasteiger partial charge in [0, 0.05) is 5.02 Å². The highest BCUT2D eigenvalue weighted by Crippen LogP contribution is 2.24. The van der Waals surface area contributed by atoms with Gasteiger partial charge in [-0.15, -0.1) is 0 Å². The first-order valence-electron chi connectivity index (χ1n) is 7.11. The molecule has 0 saturated heterocycles. The van der Waals surface area contributed by atoms with Crippen LogP contribution >= 0.6 is 23.2 Å². The minimum absolute atomic E-state index is 0.0880. The first kappa shape index (κ1) is 18.9. The van der Waals surface area contributed by atoms with E-state index >= 15 is 0 Å². The van der Waals surface area contributed by atoms with Gasteiger partial charge in [-0.25, -0.2) is 9.59 Å². The van der Waals surface area contributed by atoms with Gasteiger partial charge in [0.05, 0.1) is 17.2 Å². The third-order valence-electron chi connectivity index (χ3n) is 2.87. The van der Waals surface area contributed by atoms with Gasteiger partial charge in [0.1, 0.15) is 13.2 Å². The lowest BCUT2D eigenvalue weighted by Gasteiger charge is -2.07. The average Bonchev–Trinajstić information content (AvgIpc) is 2.92. The fourth-order valence-corrected chi connectivity index (χ4v) is 2.27. The number of rotatable bonds is 7. The van der Waals surface area contributed by atoms with E-state index < -0.39 is 11.9 Å². The monoisotopic (exact) mass is 388 g/mol. The molecule has 0 fully saturated rings. The number of nitrogens with zero attached hydrogens (tertiary/aromatic N) is 1. The number of aromatic nitrogens is 1. The Labute approximate surface area is 152 Å². The lowest BCUT2D eigenvalue weighted by atomic mass is 10.2. The number of esters is 2. The number of hydrogen-bond acceptors (Lipinski definition) is 8. The van der Waals surface area contributed by atoms with Crippen molar-refractivity contribution in [2.24, 2.45) is 0 Å². The zero-order valence-electron chi connectivity index (χ0n) is 13.1. The maximum absolute atomic E-state index is 11.9. The third kappa shape index (κ3) is 4.77. The van der Waals surface area contributed by atoms with Gasteiger partial charge in [-0.05, 0) is 30.3 Å². The van der Waals surface area contributed by atoms with Crippen LogP contribution in [0.1, 0.15) is 27.6 Å².